The third-order valence-electron chi connectivity index (χ3n) is 3.64. The van der Waals surface area contributed by atoms with Gasteiger partial charge in [0.15, 0.2) is 0 Å². The van der Waals surface area contributed by atoms with Gasteiger partial charge in [-0.3, -0.25) is 0 Å². The van der Waals surface area contributed by atoms with Gasteiger partial charge >= 0.3 is 6.09 Å². The molecule has 0 radical (unpaired) electrons. The fourth-order valence-corrected chi connectivity index (χ4v) is 2.68. The van der Waals surface area contributed by atoms with E-state index in [2.05, 4.69) is 10.6 Å². The Morgan fingerprint density at radius 2 is 1.79 bits per heavy atom. The second kappa shape index (κ2) is 9.27. The summed E-state index contributed by atoms with van der Waals surface area (Å²) in [4.78, 5) is 11.0. The van der Waals surface area contributed by atoms with Crippen LogP contribution in [0.3, 0.4) is 0 Å². The van der Waals surface area contributed by atoms with Crippen molar-refractivity contribution in [2.75, 3.05) is 6.54 Å². The van der Waals surface area contributed by atoms with Crippen LogP contribution in [0.5, 0.6) is 0 Å². The second-order valence-corrected chi connectivity index (χ2v) is 6.01. The van der Waals surface area contributed by atoms with Gasteiger partial charge in [0.05, 0.1) is 12.1 Å². The molecule has 0 bridgehead atoms. The molecular weight excluding hydrogens is 328 g/mol. The first-order chi connectivity index (χ1) is 11.5. The maximum atomic E-state index is 11.0. The summed E-state index contributed by atoms with van der Waals surface area (Å²) in [6, 6.07) is 16.3. The Morgan fingerprint density at radius 3 is 2.46 bits per heavy atom. The first-order valence-electron chi connectivity index (χ1n) is 7.71. The Morgan fingerprint density at radius 1 is 1.08 bits per heavy atom. The molecule has 5 nitrogen and oxygen atoms in total. The van der Waals surface area contributed by atoms with Gasteiger partial charge in [-0.25, -0.2) is 4.79 Å². The van der Waals surface area contributed by atoms with E-state index >= 15 is 0 Å². The number of aliphatic hydroxyl groups is 1. The predicted octanol–water partition coefficient (Wildman–Crippen LogP) is 2.67. The molecule has 128 valence electrons. The largest absolute Gasteiger partial charge is 0.465 e. The fraction of sp³-hybridized carbons (Fsp3) is 0.278. The highest BCUT2D eigenvalue weighted by Crippen LogP contribution is 2.10. The molecule has 0 saturated carbocycles. The molecule has 0 aliphatic carbocycles. The normalized spacial score (nSPS) is 13.2. The predicted molar refractivity (Wildman–Crippen MR) is 94.3 cm³/mol. The minimum absolute atomic E-state index is 0.268. The van der Waals surface area contributed by atoms with E-state index in [4.69, 9.17) is 16.7 Å². The number of rotatable bonds is 8. The maximum Gasteiger partial charge on any atom is 0.404 e. The number of halogens is 1. The molecule has 24 heavy (non-hydrogen) atoms. The summed E-state index contributed by atoms with van der Waals surface area (Å²) >= 11 is 5.93. The van der Waals surface area contributed by atoms with Crippen LogP contribution in [-0.2, 0) is 13.0 Å². The van der Waals surface area contributed by atoms with Gasteiger partial charge in [-0.05, 0) is 29.7 Å². The molecule has 0 unspecified atom stereocenters. The molecule has 2 aromatic carbocycles. The van der Waals surface area contributed by atoms with Gasteiger partial charge in [0.25, 0.3) is 0 Å². The number of aliphatic hydroxyl groups excluding tert-OH is 1. The van der Waals surface area contributed by atoms with Crippen LogP contribution in [0.2, 0.25) is 5.02 Å². The molecule has 2 atom stereocenters. The minimum atomic E-state index is -1.15. The molecule has 2 aromatic rings. The molecule has 0 saturated heterocycles. The van der Waals surface area contributed by atoms with Crippen molar-refractivity contribution in [3.05, 3.63) is 70.7 Å². The number of carbonyl (C=O) groups is 1. The summed E-state index contributed by atoms with van der Waals surface area (Å²) in [6.45, 7) is 0.813. The summed E-state index contributed by atoms with van der Waals surface area (Å²) in [7, 11) is 0. The maximum absolute atomic E-state index is 11.0. The van der Waals surface area contributed by atoms with Gasteiger partial charge in [-0.2, -0.15) is 0 Å². The van der Waals surface area contributed by atoms with Crippen molar-refractivity contribution in [1.29, 1.82) is 0 Å². The Balaban J connectivity index is 1.89. The van der Waals surface area contributed by atoms with Crippen molar-refractivity contribution in [3.63, 3.8) is 0 Å². The first-order valence-corrected chi connectivity index (χ1v) is 8.09. The average Bonchev–Trinajstić information content (AvgIpc) is 2.55. The zero-order chi connectivity index (χ0) is 17.4. The smallest absolute Gasteiger partial charge is 0.404 e. The van der Waals surface area contributed by atoms with Crippen LogP contribution in [0.15, 0.2) is 54.6 Å². The summed E-state index contributed by atoms with van der Waals surface area (Å²) in [5.74, 6) is 0. The van der Waals surface area contributed by atoms with E-state index in [0.717, 1.165) is 11.1 Å². The standard InChI is InChI=1S/C18H21ClN2O3/c19-15-8-4-7-14(9-15)11-20-12-17(22)16(21-18(23)24)10-13-5-2-1-3-6-13/h1-9,16-17,20-22H,10-12H2,(H,23,24)/t16-,17+/m0/s1. The van der Waals surface area contributed by atoms with Crippen LogP contribution in [0, 0.1) is 0 Å². The molecule has 0 spiro atoms. The highest BCUT2D eigenvalue weighted by atomic mass is 35.5. The van der Waals surface area contributed by atoms with Crippen LogP contribution in [0.1, 0.15) is 11.1 Å². The Kier molecular flexibility index (Phi) is 7.06. The number of hydrogen-bond donors (Lipinski definition) is 4. The molecule has 1 amide bonds. The van der Waals surface area contributed by atoms with Gasteiger partial charge in [0.1, 0.15) is 0 Å². The second-order valence-electron chi connectivity index (χ2n) is 5.57. The number of carboxylic acid groups (broad SMARTS) is 1. The van der Waals surface area contributed by atoms with Crippen molar-refractivity contribution >= 4 is 17.7 Å². The Hall–Kier alpha value is -2.08. The lowest BCUT2D eigenvalue weighted by atomic mass is 10.0. The molecule has 6 heteroatoms. The lowest BCUT2D eigenvalue weighted by Crippen LogP contribution is -2.48. The van der Waals surface area contributed by atoms with Crippen molar-refractivity contribution in [1.82, 2.24) is 10.6 Å². The number of nitrogens with one attached hydrogen (secondary N) is 2. The van der Waals surface area contributed by atoms with E-state index in [9.17, 15) is 9.90 Å². The van der Waals surface area contributed by atoms with Gasteiger partial charge in [-0.1, -0.05) is 54.1 Å². The lowest BCUT2D eigenvalue weighted by molar-refractivity contribution is 0.117. The summed E-state index contributed by atoms with van der Waals surface area (Å²) in [5.41, 5.74) is 1.96. The molecule has 0 fully saturated rings. The van der Waals surface area contributed by atoms with Crippen molar-refractivity contribution in [2.45, 2.75) is 25.1 Å². The van der Waals surface area contributed by atoms with Crippen LogP contribution < -0.4 is 10.6 Å². The third kappa shape index (κ3) is 6.20. The summed E-state index contributed by atoms with van der Waals surface area (Å²) < 4.78 is 0. The zero-order valence-corrected chi connectivity index (χ0v) is 13.9. The number of amides is 1. The number of hydrogen-bond acceptors (Lipinski definition) is 3. The molecule has 2 rings (SSSR count). The molecule has 0 aliphatic heterocycles. The SMILES string of the molecule is O=C(O)N[C@@H](Cc1ccccc1)[C@H](O)CNCc1cccc(Cl)c1. The molecule has 4 N–H and O–H groups in total. The number of benzene rings is 2. The highest BCUT2D eigenvalue weighted by Gasteiger charge is 2.21. The third-order valence-corrected chi connectivity index (χ3v) is 3.88. The summed E-state index contributed by atoms with van der Waals surface area (Å²) in [6.07, 6.45) is -1.57. The zero-order valence-electron chi connectivity index (χ0n) is 13.2. The highest BCUT2D eigenvalue weighted by molar-refractivity contribution is 6.30. The van der Waals surface area contributed by atoms with E-state index in [-0.39, 0.29) is 6.54 Å². The monoisotopic (exact) mass is 348 g/mol. The molecule has 0 aromatic heterocycles. The minimum Gasteiger partial charge on any atom is -0.465 e. The first kappa shape index (κ1) is 18.3. The van der Waals surface area contributed by atoms with Crippen molar-refractivity contribution in [3.8, 4) is 0 Å². The van der Waals surface area contributed by atoms with Crippen LogP contribution >= 0.6 is 11.6 Å². The van der Waals surface area contributed by atoms with Crippen molar-refractivity contribution in [2.24, 2.45) is 0 Å². The quantitative estimate of drug-likeness (QED) is 0.591. The van der Waals surface area contributed by atoms with Gasteiger partial charge in [-0.15, -0.1) is 0 Å². The van der Waals surface area contributed by atoms with Gasteiger partial charge in [0.2, 0.25) is 0 Å². The van der Waals surface area contributed by atoms with Crippen LogP contribution in [-0.4, -0.2) is 35.0 Å². The van der Waals surface area contributed by atoms with Gasteiger partial charge in [0, 0.05) is 18.1 Å². The van der Waals surface area contributed by atoms with Crippen LogP contribution in [0.25, 0.3) is 0 Å². The van der Waals surface area contributed by atoms with Crippen molar-refractivity contribution < 1.29 is 15.0 Å². The fourth-order valence-electron chi connectivity index (χ4n) is 2.46. The van der Waals surface area contributed by atoms with E-state index < -0.39 is 18.2 Å². The van der Waals surface area contributed by atoms with E-state index in [1.54, 1.807) is 6.07 Å². The average molecular weight is 349 g/mol. The lowest BCUT2D eigenvalue weighted by Gasteiger charge is -2.23. The summed E-state index contributed by atoms with van der Waals surface area (Å²) in [5, 5.41) is 25.5. The topological polar surface area (TPSA) is 81.6 Å². The van der Waals surface area contributed by atoms with E-state index in [0.29, 0.717) is 18.0 Å². The Bertz CT molecular complexity index is 652. The van der Waals surface area contributed by atoms with E-state index in [1.165, 1.54) is 0 Å². The molecular formula is C18H21ClN2O3. The molecule has 0 aliphatic rings. The molecule has 0 heterocycles. The van der Waals surface area contributed by atoms with Crippen LogP contribution in [0.4, 0.5) is 4.79 Å². The Labute approximate surface area is 146 Å². The van der Waals surface area contributed by atoms with Gasteiger partial charge < -0.3 is 20.8 Å². The van der Waals surface area contributed by atoms with E-state index in [1.807, 2.05) is 48.5 Å².